The van der Waals surface area contributed by atoms with Crippen LogP contribution in [-0.2, 0) is 6.54 Å². The third kappa shape index (κ3) is 3.36. The van der Waals surface area contributed by atoms with Crippen LogP contribution >= 0.6 is 0 Å². The largest absolute Gasteiger partial charge is 0.508 e. The van der Waals surface area contributed by atoms with E-state index in [0.717, 1.165) is 41.7 Å². The van der Waals surface area contributed by atoms with Gasteiger partial charge in [0.25, 0.3) is 0 Å². The molecule has 1 aliphatic rings. The number of rotatable bonds is 3. The van der Waals surface area contributed by atoms with Crippen LogP contribution in [0.5, 0.6) is 11.5 Å². The molecule has 1 saturated heterocycles. The van der Waals surface area contributed by atoms with Gasteiger partial charge in [0.1, 0.15) is 11.5 Å². The Balaban J connectivity index is 1.92. The molecule has 1 heterocycles. The van der Waals surface area contributed by atoms with Crippen molar-refractivity contribution in [3.05, 3.63) is 35.9 Å². The summed E-state index contributed by atoms with van der Waals surface area (Å²) in [4.78, 5) is 2.48. The number of phenols is 1. The molecular weight excluding hydrogens is 274 g/mol. The maximum atomic E-state index is 10.4. The van der Waals surface area contributed by atoms with Crippen LogP contribution < -0.4 is 4.74 Å². The predicted molar refractivity (Wildman–Crippen MR) is 90.5 cm³/mol. The highest BCUT2D eigenvalue weighted by atomic mass is 16.5. The fourth-order valence-electron chi connectivity index (χ4n) is 3.34. The molecule has 0 aromatic heterocycles. The zero-order valence-corrected chi connectivity index (χ0v) is 13.3. The van der Waals surface area contributed by atoms with Crippen molar-refractivity contribution < 1.29 is 9.84 Å². The molecule has 3 rings (SSSR count). The first kappa shape index (κ1) is 15.2. The minimum Gasteiger partial charge on any atom is -0.508 e. The molecule has 0 radical (unpaired) electrons. The average Bonchev–Trinajstić information content (AvgIpc) is 2.51. The van der Waals surface area contributed by atoms with E-state index in [1.54, 1.807) is 7.11 Å². The summed E-state index contributed by atoms with van der Waals surface area (Å²) in [6.45, 7) is 3.07. The van der Waals surface area contributed by atoms with Crippen molar-refractivity contribution in [3.8, 4) is 11.5 Å². The van der Waals surface area contributed by atoms with Gasteiger partial charge in [0, 0.05) is 12.1 Å². The third-order valence-electron chi connectivity index (χ3n) is 4.65. The van der Waals surface area contributed by atoms with E-state index >= 15 is 0 Å². The van der Waals surface area contributed by atoms with Crippen LogP contribution in [0.2, 0.25) is 0 Å². The zero-order chi connectivity index (χ0) is 15.4. The lowest BCUT2D eigenvalue weighted by atomic mass is 10.0. The minimum atomic E-state index is 0.391. The van der Waals surface area contributed by atoms with E-state index < -0.39 is 0 Å². The molecule has 0 unspecified atom stereocenters. The number of hydrogen-bond acceptors (Lipinski definition) is 3. The van der Waals surface area contributed by atoms with Gasteiger partial charge in [-0.15, -0.1) is 0 Å². The molecule has 22 heavy (non-hydrogen) atoms. The molecule has 3 nitrogen and oxygen atoms in total. The fourth-order valence-corrected chi connectivity index (χ4v) is 3.34. The maximum absolute atomic E-state index is 10.4. The Kier molecular flexibility index (Phi) is 4.84. The van der Waals surface area contributed by atoms with Crippen molar-refractivity contribution in [2.45, 2.75) is 38.6 Å². The molecule has 0 atom stereocenters. The zero-order valence-electron chi connectivity index (χ0n) is 13.3. The first-order valence-electron chi connectivity index (χ1n) is 8.29. The molecule has 2 aromatic carbocycles. The van der Waals surface area contributed by atoms with Crippen molar-refractivity contribution in [1.82, 2.24) is 4.90 Å². The molecule has 0 saturated carbocycles. The number of fused-ring (bicyclic) bond motifs is 1. The van der Waals surface area contributed by atoms with Gasteiger partial charge in [-0.25, -0.2) is 0 Å². The van der Waals surface area contributed by atoms with E-state index in [2.05, 4.69) is 11.0 Å². The molecule has 1 fully saturated rings. The highest BCUT2D eigenvalue weighted by Gasteiger charge is 2.14. The topological polar surface area (TPSA) is 32.7 Å². The van der Waals surface area contributed by atoms with Gasteiger partial charge in [-0.1, -0.05) is 31.4 Å². The summed E-state index contributed by atoms with van der Waals surface area (Å²) in [7, 11) is 1.68. The lowest BCUT2D eigenvalue weighted by Gasteiger charge is -2.25. The van der Waals surface area contributed by atoms with E-state index in [9.17, 15) is 5.11 Å². The summed E-state index contributed by atoms with van der Waals surface area (Å²) in [5.74, 6) is 1.23. The lowest BCUT2D eigenvalue weighted by Crippen LogP contribution is -2.27. The SMILES string of the molecule is COc1ccc2ccc(O)c(CN3CCCCCCC3)c2c1. The monoisotopic (exact) mass is 299 g/mol. The first-order valence-corrected chi connectivity index (χ1v) is 8.29. The smallest absolute Gasteiger partial charge is 0.120 e. The van der Waals surface area contributed by atoms with Crippen molar-refractivity contribution in [1.29, 1.82) is 0 Å². The van der Waals surface area contributed by atoms with E-state index in [4.69, 9.17) is 4.74 Å². The van der Waals surface area contributed by atoms with Crippen LogP contribution in [0.15, 0.2) is 30.3 Å². The predicted octanol–water partition coefficient (Wildman–Crippen LogP) is 4.32. The highest BCUT2D eigenvalue weighted by molar-refractivity contribution is 5.88. The lowest BCUT2D eigenvalue weighted by molar-refractivity contribution is 0.238. The molecule has 0 aliphatic carbocycles. The number of nitrogens with zero attached hydrogens (tertiary/aromatic N) is 1. The Morgan fingerprint density at radius 1 is 1.00 bits per heavy atom. The summed E-state index contributed by atoms with van der Waals surface area (Å²) in [5, 5.41) is 12.6. The highest BCUT2D eigenvalue weighted by Crippen LogP contribution is 2.31. The van der Waals surface area contributed by atoms with Gasteiger partial charge in [-0.3, -0.25) is 4.90 Å². The molecule has 0 amide bonds. The van der Waals surface area contributed by atoms with E-state index in [0.29, 0.717) is 5.75 Å². The standard InChI is InChI=1S/C19H25NO2/c1-22-16-9-7-15-8-10-19(21)18(17(15)13-16)14-20-11-5-3-2-4-6-12-20/h7-10,13,21H,2-6,11-12,14H2,1H3. The second kappa shape index (κ2) is 7.01. The number of methoxy groups -OCH3 is 1. The van der Waals surface area contributed by atoms with Crippen LogP contribution in [0.1, 0.15) is 37.7 Å². The second-order valence-corrected chi connectivity index (χ2v) is 6.19. The van der Waals surface area contributed by atoms with Crippen LogP contribution in [0.4, 0.5) is 0 Å². The van der Waals surface area contributed by atoms with Crippen molar-refractivity contribution in [2.75, 3.05) is 20.2 Å². The van der Waals surface area contributed by atoms with Crippen LogP contribution in [0.3, 0.4) is 0 Å². The molecule has 1 aliphatic heterocycles. The van der Waals surface area contributed by atoms with Gasteiger partial charge in [-0.2, -0.15) is 0 Å². The number of phenolic OH excluding ortho intramolecular Hbond substituents is 1. The molecule has 3 heteroatoms. The Labute approximate surface area is 132 Å². The van der Waals surface area contributed by atoms with E-state index in [1.165, 1.54) is 32.1 Å². The quantitative estimate of drug-likeness (QED) is 0.916. The van der Waals surface area contributed by atoms with Gasteiger partial charge in [0.15, 0.2) is 0 Å². The molecule has 0 bridgehead atoms. The second-order valence-electron chi connectivity index (χ2n) is 6.19. The molecule has 1 N–H and O–H groups in total. The summed E-state index contributed by atoms with van der Waals surface area (Å²) in [6.07, 6.45) is 6.53. The summed E-state index contributed by atoms with van der Waals surface area (Å²) in [5.41, 5.74) is 1.02. The Hall–Kier alpha value is -1.74. The van der Waals surface area contributed by atoms with Crippen LogP contribution in [0, 0.1) is 0 Å². The number of benzene rings is 2. The van der Waals surface area contributed by atoms with Crippen molar-refractivity contribution in [2.24, 2.45) is 0 Å². The van der Waals surface area contributed by atoms with Crippen LogP contribution in [-0.4, -0.2) is 30.2 Å². The molecule has 0 spiro atoms. The minimum absolute atomic E-state index is 0.391. The van der Waals surface area contributed by atoms with Gasteiger partial charge in [0.05, 0.1) is 7.11 Å². The Bertz CT molecular complexity index is 631. The first-order chi connectivity index (χ1) is 10.8. The Morgan fingerprint density at radius 3 is 2.41 bits per heavy atom. The maximum Gasteiger partial charge on any atom is 0.120 e. The molecule has 2 aromatic rings. The van der Waals surface area contributed by atoms with Gasteiger partial charge < -0.3 is 9.84 Å². The molecular formula is C19H25NO2. The van der Waals surface area contributed by atoms with Gasteiger partial charge >= 0.3 is 0 Å². The Morgan fingerprint density at radius 2 is 1.68 bits per heavy atom. The summed E-state index contributed by atoms with van der Waals surface area (Å²) < 4.78 is 5.35. The third-order valence-corrected chi connectivity index (χ3v) is 4.65. The van der Waals surface area contributed by atoms with Gasteiger partial charge in [-0.05, 0) is 54.9 Å². The molecule has 118 valence electrons. The van der Waals surface area contributed by atoms with Crippen LogP contribution in [0.25, 0.3) is 10.8 Å². The van der Waals surface area contributed by atoms with Crippen molar-refractivity contribution >= 4 is 10.8 Å². The average molecular weight is 299 g/mol. The van der Waals surface area contributed by atoms with E-state index in [-0.39, 0.29) is 0 Å². The number of ether oxygens (including phenoxy) is 1. The normalized spacial score (nSPS) is 17.1. The summed E-state index contributed by atoms with van der Waals surface area (Å²) >= 11 is 0. The van der Waals surface area contributed by atoms with E-state index in [1.807, 2.05) is 24.3 Å². The van der Waals surface area contributed by atoms with Gasteiger partial charge in [0.2, 0.25) is 0 Å². The number of aromatic hydroxyl groups is 1. The number of hydrogen-bond donors (Lipinski definition) is 1. The fraction of sp³-hybridized carbons (Fsp3) is 0.474. The van der Waals surface area contributed by atoms with Crippen molar-refractivity contribution in [3.63, 3.8) is 0 Å². The summed E-state index contributed by atoms with van der Waals surface area (Å²) in [6, 6.07) is 9.85. The number of likely N-dealkylation sites (tertiary alicyclic amines) is 1.